The molecule has 7 heteroatoms. The van der Waals surface area contributed by atoms with Gasteiger partial charge in [0.2, 0.25) is 0 Å². The summed E-state index contributed by atoms with van der Waals surface area (Å²) < 4.78 is 23.5. The smallest absolute Gasteiger partial charge is 0.396 e. The Morgan fingerprint density at radius 1 is 0.846 bits per heavy atom. The lowest BCUT2D eigenvalue weighted by Crippen LogP contribution is -2.50. The first-order valence-corrected chi connectivity index (χ1v) is 11.7. The van der Waals surface area contributed by atoms with Gasteiger partial charge in [0.15, 0.2) is 0 Å². The number of phosphoric ester groups is 1. The Labute approximate surface area is 159 Å². The van der Waals surface area contributed by atoms with Crippen molar-refractivity contribution in [3.63, 3.8) is 0 Å². The summed E-state index contributed by atoms with van der Waals surface area (Å²) in [5.41, 5.74) is -1.39. The van der Waals surface area contributed by atoms with Crippen LogP contribution in [0.25, 0.3) is 0 Å². The second-order valence-electron chi connectivity index (χ2n) is 7.27. The van der Waals surface area contributed by atoms with E-state index in [0.29, 0.717) is 19.3 Å². The third kappa shape index (κ3) is 6.88. The highest BCUT2D eigenvalue weighted by Gasteiger charge is 2.46. The maximum atomic E-state index is 11.6. The van der Waals surface area contributed by atoms with Gasteiger partial charge in [0.25, 0.3) is 0 Å². The molecule has 2 atom stereocenters. The first kappa shape index (κ1) is 26.0. The van der Waals surface area contributed by atoms with E-state index in [4.69, 9.17) is 9.26 Å². The molecule has 0 aromatic heterocycles. The predicted molar refractivity (Wildman–Crippen MR) is 105 cm³/mol. The molecule has 0 aliphatic heterocycles. The Hall–Kier alpha value is 0.0300. The molecule has 0 radical (unpaired) electrons. The topological polar surface area (TPSA) is 96.2 Å². The average molecular weight is 397 g/mol. The lowest BCUT2D eigenvalue weighted by atomic mass is 9.75. The Morgan fingerprint density at radius 2 is 1.31 bits per heavy atom. The van der Waals surface area contributed by atoms with Crippen LogP contribution in [0.5, 0.6) is 0 Å². The van der Waals surface area contributed by atoms with Gasteiger partial charge in [-0.2, -0.15) is 0 Å². The van der Waals surface area contributed by atoms with Crippen LogP contribution in [0.2, 0.25) is 0 Å². The van der Waals surface area contributed by atoms with Crippen molar-refractivity contribution < 1.29 is 28.7 Å². The van der Waals surface area contributed by atoms with Crippen LogP contribution in [0.1, 0.15) is 92.9 Å². The average Bonchev–Trinajstić information content (AvgIpc) is 2.60. The second kappa shape index (κ2) is 11.8. The van der Waals surface area contributed by atoms with Crippen LogP contribution in [0.4, 0.5) is 0 Å². The van der Waals surface area contributed by atoms with Crippen LogP contribution in [0.15, 0.2) is 0 Å². The fourth-order valence-electron chi connectivity index (χ4n) is 3.86. The van der Waals surface area contributed by atoms with E-state index >= 15 is 0 Å². The predicted octanol–water partition coefficient (Wildman–Crippen LogP) is 4.81. The molecule has 0 aromatic rings. The quantitative estimate of drug-likeness (QED) is 0.344. The molecular formula is C19H41O6P. The minimum absolute atomic E-state index is 0.0358. The summed E-state index contributed by atoms with van der Waals surface area (Å²) in [6.07, 6.45) is 5.03. The van der Waals surface area contributed by atoms with Gasteiger partial charge < -0.3 is 19.6 Å². The van der Waals surface area contributed by atoms with Crippen molar-refractivity contribution in [1.29, 1.82) is 0 Å². The van der Waals surface area contributed by atoms with Crippen LogP contribution in [0, 0.1) is 5.41 Å². The molecule has 0 spiro atoms. The standard InChI is InChI=1S/C19H41O6P/c1-7-13-16(18(9-3,10-4)15-20)24-17(14-8-2)19(11-5,12-6)25-26(21,22)23/h16-17,20H,7-15H2,1-6H3,(H2,21,22,23). The summed E-state index contributed by atoms with van der Waals surface area (Å²) in [5, 5.41) is 10.1. The molecule has 2 unspecified atom stereocenters. The molecule has 0 rings (SSSR count). The van der Waals surface area contributed by atoms with Gasteiger partial charge in [-0.25, -0.2) is 4.57 Å². The fraction of sp³-hybridized carbons (Fsp3) is 1.00. The van der Waals surface area contributed by atoms with Crippen molar-refractivity contribution in [2.24, 2.45) is 5.41 Å². The minimum atomic E-state index is -4.65. The molecule has 158 valence electrons. The first-order chi connectivity index (χ1) is 12.1. The summed E-state index contributed by atoms with van der Waals surface area (Å²) >= 11 is 0. The maximum Gasteiger partial charge on any atom is 0.470 e. The number of rotatable bonds is 15. The number of aliphatic hydroxyl groups is 1. The molecule has 6 nitrogen and oxygen atoms in total. The van der Waals surface area contributed by atoms with Gasteiger partial charge in [0.1, 0.15) is 5.60 Å². The van der Waals surface area contributed by atoms with Crippen LogP contribution in [0.3, 0.4) is 0 Å². The van der Waals surface area contributed by atoms with Crippen LogP contribution < -0.4 is 0 Å². The molecule has 0 aromatic carbocycles. The zero-order valence-electron chi connectivity index (χ0n) is 17.5. The Bertz CT molecular complexity index is 406. The van der Waals surface area contributed by atoms with E-state index < -0.39 is 19.5 Å². The second-order valence-corrected chi connectivity index (χ2v) is 8.44. The number of aliphatic hydroxyl groups excluding tert-OH is 1. The van der Waals surface area contributed by atoms with E-state index in [2.05, 4.69) is 20.8 Å². The van der Waals surface area contributed by atoms with Crippen LogP contribution in [-0.4, -0.2) is 39.3 Å². The molecule has 0 heterocycles. The van der Waals surface area contributed by atoms with E-state index in [1.54, 1.807) is 0 Å². The third-order valence-electron chi connectivity index (χ3n) is 5.92. The van der Waals surface area contributed by atoms with Gasteiger partial charge in [-0.3, -0.25) is 4.52 Å². The monoisotopic (exact) mass is 396 g/mol. The normalized spacial score (nSPS) is 15.9. The van der Waals surface area contributed by atoms with Crippen molar-refractivity contribution in [2.75, 3.05) is 6.61 Å². The third-order valence-corrected chi connectivity index (χ3v) is 6.52. The van der Waals surface area contributed by atoms with Gasteiger partial charge in [-0.15, -0.1) is 0 Å². The molecule has 0 aliphatic carbocycles. The Balaban J connectivity index is 5.89. The molecule has 0 saturated heterocycles. The van der Waals surface area contributed by atoms with E-state index in [9.17, 15) is 19.5 Å². The highest BCUT2D eigenvalue weighted by molar-refractivity contribution is 7.46. The maximum absolute atomic E-state index is 11.6. The summed E-state index contributed by atoms with van der Waals surface area (Å²) in [6.45, 7) is 12.0. The summed E-state index contributed by atoms with van der Waals surface area (Å²) in [6, 6.07) is 0. The summed E-state index contributed by atoms with van der Waals surface area (Å²) in [4.78, 5) is 18.9. The highest BCUT2D eigenvalue weighted by atomic mass is 31.2. The first-order valence-electron chi connectivity index (χ1n) is 10.2. The number of hydrogen-bond acceptors (Lipinski definition) is 4. The van der Waals surface area contributed by atoms with Crippen molar-refractivity contribution >= 4 is 7.82 Å². The molecule has 26 heavy (non-hydrogen) atoms. The molecule has 3 N–H and O–H groups in total. The highest BCUT2D eigenvalue weighted by Crippen LogP contribution is 2.48. The Kier molecular flexibility index (Phi) is 11.8. The minimum Gasteiger partial charge on any atom is -0.396 e. The summed E-state index contributed by atoms with van der Waals surface area (Å²) in [5.74, 6) is 0. The fourth-order valence-corrected chi connectivity index (χ4v) is 4.71. The van der Waals surface area contributed by atoms with E-state index in [0.717, 1.165) is 32.1 Å². The van der Waals surface area contributed by atoms with Crippen LogP contribution >= 0.6 is 7.82 Å². The lowest BCUT2D eigenvalue weighted by Gasteiger charge is -2.45. The molecule has 0 bridgehead atoms. The van der Waals surface area contributed by atoms with Gasteiger partial charge in [0.05, 0.1) is 18.8 Å². The van der Waals surface area contributed by atoms with E-state index in [-0.39, 0.29) is 18.1 Å². The summed E-state index contributed by atoms with van der Waals surface area (Å²) in [7, 11) is -4.65. The van der Waals surface area contributed by atoms with Crippen molar-refractivity contribution in [3.05, 3.63) is 0 Å². The van der Waals surface area contributed by atoms with Crippen molar-refractivity contribution in [2.45, 2.75) is 111 Å². The SMILES string of the molecule is CCCC(OC(CCC)C(CC)(CC)OP(=O)(O)O)C(CC)(CC)CO. The number of hydrogen-bond donors (Lipinski definition) is 3. The molecule has 0 fully saturated rings. The van der Waals surface area contributed by atoms with E-state index in [1.165, 1.54) is 0 Å². The van der Waals surface area contributed by atoms with Crippen molar-refractivity contribution in [1.82, 2.24) is 0 Å². The van der Waals surface area contributed by atoms with Gasteiger partial charge in [-0.05, 0) is 38.5 Å². The van der Waals surface area contributed by atoms with Crippen LogP contribution in [-0.2, 0) is 13.8 Å². The zero-order chi connectivity index (χ0) is 20.4. The largest absolute Gasteiger partial charge is 0.470 e. The van der Waals surface area contributed by atoms with E-state index in [1.807, 2.05) is 20.8 Å². The van der Waals surface area contributed by atoms with Gasteiger partial charge >= 0.3 is 7.82 Å². The zero-order valence-corrected chi connectivity index (χ0v) is 18.4. The van der Waals surface area contributed by atoms with Crippen molar-refractivity contribution in [3.8, 4) is 0 Å². The van der Waals surface area contributed by atoms with Gasteiger partial charge in [-0.1, -0.05) is 54.4 Å². The number of ether oxygens (including phenoxy) is 1. The Morgan fingerprint density at radius 3 is 1.62 bits per heavy atom. The lowest BCUT2D eigenvalue weighted by molar-refractivity contribution is -0.175. The molecule has 0 aliphatic rings. The van der Waals surface area contributed by atoms with Gasteiger partial charge in [0, 0.05) is 5.41 Å². The molecule has 0 saturated carbocycles. The number of phosphoric acid groups is 1. The molecular weight excluding hydrogens is 355 g/mol. The molecule has 0 amide bonds.